The van der Waals surface area contributed by atoms with E-state index >= 15 is 0 Å². The molecule has 0 N–H and O–H groups in total. The van der Waals surface area contributed by atoms with E-state index in [2.05, 4.69) is 81.2 Å². The molecule has 0 atom stereocenters. The molecule has 0 saturated heterocycles. The Morgan fingerprint density at radius 1 is 0.836 bits per heavy atom. The first-order valence-corrected chi connectivity index (χ1v) is 21.9. The first-order valence-electron chi connectivity index (χ1n) is 21.4. The van der Waals surface area contributed by atoms with Crippen LogP contribution < -0.4 is 5.19 Å². The third kappa shape index (κ3) is 8.30. The molecule has 3 aromatic heterocycles. The number of aromatic nitrogens is 3. The summed E-state index contributed by atoms with van der Waals surface area (Å²) < 4.78 is 68.1. The molecule has 3 heterocycles. The van der Waals surface area contributed by atoms with E-state index in [1.807, 2.05) is 66.9 Å². The molecule has 5 aromatic carbocycles. The standard InChI is InChI=1S/C29H23N2O.C19H25FNSi.Ir/c1-18(2)31-26-10-5-4-9-25(26)30-29(31)23-8-6-7-22-24-17-21(15-16-27(24)32-28(22)23)20-13-11-19(3)12-14-20;1-13(2)9-15-11-18(21-12-19(15)22(4,5)6)16-8-7-14(3)10-17(16)20;/h4-7,9-18H,1-3H3;7,10-13H,9H2,1-6H3;/q2*-1;/i2*3D3;. The number of aryl methyl sites for hydroxylation is 2. The smallest absolute Gasteiger partial charge is 0.120 e. The number of imidazole rings is 1. The van der Waals surface area contributed by atoms with E-state index < -0.39 is 27.6 Å². The van der Waals surface area contributed by atoms with Crippen LogP contribution in [0.25, 0.3) is 66.7 Å². The summed E-state index contributed by atoms with van der Waals surface area (Å²) in [7, 11) is -1.56. The fourth-order valence-corrected chi connectivity index (χ4v) is 8.67. The Labute approximate surface area is 347 Å². The predicted molar refractivity (Wildman–Crippen MR) is 227 cm³/mol. The van der Waals surface area contributed by atoms with Crippen molar-refractivity contribution in [3.63, 3.8) is 0 Å². The molecule has 0 bridgehead atoms. The average molecular weight is 928 g/mol. The fourth-order valence-electron chi connectivity index (χ4n) is 7.08. The molecule has 1 radical (unpaired) electrons. The molecule has 8 rings (SSSR count). The third-order valence-corrected chi connectivity index (χ3v) is 11.6. The number of rotatable bonds is 7. The van der Waals surface area contributed by atoms with Crippen LogP contribution in [0.3, 0.4) is 0 Å². The summed E-state index contributed by atoms with van der Waals surface area (Å²) in [5.41, 5.74) is 8.60. The summed E-state index contributed by atoms with van der Waals surface area (Å²) in [5.74, 6) is 0.723. The minimum atomic E-state index is -2.34. The Hall–Kier alpha value is -4.68. The minimum Gasteiger partial charge on any atom is -0.501 e. The van der Waals surface area contributed by atoms with E-state index in [1.54, 1.807) is 12.1 Å². The van der Waals surface area contributed by atoms with Gasteiger partial charge in [-0.05, 0) is 79.3 Å². The molecule has 0 aliphatic carbocycles. The quantitative estimate of drug-likeness (QED) is 0.118. The summed E-state index contributed by atoms with van der Waals surface area (Å²) in [6.45, 7) is 11.0. The maximum atomic E-state index is 14.5. The van der Waals surface area contributed by atoms with E-state index in [-0.39, 0.29) is 37.3 Å². The molecule has 7 heteroatoms. The van der Waals surface area contributed by atoms with Crippen molar-refractivity contribution in [2.24, 2.45) is 5.92 Å². The molecule has 55 heavy (non-hydrogen) atoms. The average Bonchev–Trinajstić information content (AvgIpc) is 3.75. The van der Waals surface area contributed by atoms with E-state index in [0.717, 1.165) is 68.0 Å². The Morgan fingerprint density at radius 3 is 2.27 bits per heavy atom. The van der Waals surface area contributed by atoms with Gasteiger partial charge in [0.25, 0.3) is 0 Å². The van der Waals surface area contributed by atoms with Crippen LogP contribution in [0.5, 0.6) is 0 Å². The molecule has 0 amide bonds. The topological polar surface area (TPSA) is 43.9 Å². The number of pyridine rings is 1. The number of para-hydroxylation sites is 2. The van der Waals surface area contributed by atoms with Gasteiger partial charge in [0.2, 0.25) is 0 Å². The van der Waals surface area contributed by atoms with Crippen LogP contribution in [-0.2, 0) is 26.5 Å². The van der Waals surface area contributed by atoms with Crippen LogP contribution >= 0.6 is 0 Å². The number of benzene rings is 5. The van der Waals surface area contributed by atoms with Crippen molar-refractivity contribution in [2.45, 2.75) is 73.5 Å². The Kier molecular flexibility index (Phi) is 9.58. The second kappa shape index (κ2) is 16.2. The number of hydrogen-bond donors (Lipinski definition) is 0. The van der Waals surface area contributed by atoms with Crippen molar-refractivity contribution >= 4 is 46.2 Å². The predicted octanol–water partition coefficient (Wildman–Crippen LogP) is 12.7. The zero-order valence-corrected chi connectivity index (χ0v) is 35.5. The van der Waals surface area contributed by atoms with Gasteiger partial charge in [-0.25, -0.2) is 0 Å². The van der Waals surface area contributed by atoms with E-state index in [1.165, 1.54) is 16.8 Å². The van der Waals surface area contributed by atoms with Crippen LogP contribution in [0.2, 0.25) is 19.6 Å². The van der Waals surface area contributed by atoms with Gasteiger partial charge in [-0.2, -0.15) is 0 Å². The molecule has 0 fully saturated rings. The van der Waals surface area contributed by atoms with Crippen molar-refractivity contribution in [3.8, 4) is 33.8 Å². The van der Waals surface area contributed by atoms with Gasteiger partial charge >= 0.3 is 0 Å². The summed E-state index contributed by atoms with van der Waals surface area (Å²) >= 11 is 0. The number of furan rings is 1. The van der Waals surface area contributed by atoms with Gasteiger partial charge in [-0.1, -0.05) is 117 Å². The van der Waals surface area contributed by atoms with Crippen LogP contribution in [0.4, 0.5) is 4.39 Å². The fraction of sp³-hybridized carbons (Fsp3) is 0.250. The first kappa shape index (κ1) is 32.5. The number of hydrogen-bond acceptors (Lipinski definition) is 3. The largest absolute Gasteiger partial charge is 0.501 e. The zero-order valence-electron chi connectivity index (χ0n) is 38.1. The van der Waals surface area contributed by atoms with Gasteiger partial charge in [0.05, 0.1) is 30.5 Å². The first-order chi connectivity index (χ1) is 28.2. The maximum Gasteiger partial charge on any atom is 0.120 e. The summed E-state index contributed by atoms with van der Waals surface area (Å²) in [4.78, 5) is 9.40. The Bertz CT molecular complexity index is 2840. The van der Waals surface area contributed by atoms with Crippen molar-refractivity contribution in [2.75, 3.05) is 0 Å². The van der Waals surface area contributed by atoms with Crippen molar-refractivity contribution in [1.29, 1.82) is 0 Å². The molecule has 0 aliphatic heterocycles. The maximum absolute atomic E-state index is 14.5. The molecule has 0 aliphatic rings. The molecule has 0 saturated carbocycles. The van der Waals surface area contributed by atoms with E-state index in [4.69, 9.17) is 17.6 Å². The van der Waals surface area contributed by atoms with Crippen molar-refractivity contribution in [1.82, 2.24) is 14.5 Å². The zero-order chi connectivity index (χ0) is 43.3. The molecule has 4 nitrogen and oxygen atoms in total. The van der Waals surface area contributed by atoms with Crippen molar-refractivity contribution < 1.29 is 37.1 Å². The molecule has 283 valence electrons. The van der Waals surface area contributed by atoms with Gasteiger partial charge in [0, 0.05) is 51.8 Å². The normalized spacial score (nSPS) is 13.8. The summed E-state index contributed by atoms with van der Waals surface area (Å²) in [5, 5.41) is 3.28. The Balaban J connectivity index is 0.000000213. The van der Waals surface area contributed by atoms with Crippen LogP contribution in [0, 0.1) is 37.6 Å². The van der Waals surface area contributed by atoms with Gasteiger partial charge in [-0.15, -0.1) is 42.0 Å². The third-order valence-electron chi connectivity index (χ3n) is 9.56. The van der Waals surface area contributed by atoms with Gasteiger partial charge < -0.3 is 14.0 Å². The molecular weight excluding hydrogens is 874 g/mol. The summed E-state index contributed by atoms with van der Waals surface area (Å²) in [6, 6.07) is 35.9. The molecule has 0 spiro atoms. The number of nitrogens with zero attached hydrogens (tertiary/aromatic N) is 3. The second-order valence-corrected chi connectivity index (χ2v) is 20.6. The van der Waals surface area contributed by atoms with E-state index in [9.17, 15) is 4.39 Å². The number of halogens is 1. The van der Waals surface area contributed by atoms with Crippen LogP contribution in [0.15, 0.2) is 108 Å². The molecule has 8 aromatic rings. The summed E-state index contributed by atoms with van der Waals surface area (Å²) in [6.07, 6.45) is 2.77. The van der Waals surface area contributed by atoms with Gasteiger partial charge in [-0.3, -0.25) is 9.37 Å². The minimum absolute atomic E-state index is 0. The molecule has 0 unspecified atom stereocenters. The van der Waals surface area contributed by atoms with Crippen LogP contribution in [0.1, 0.15) is 58.7 Å². The monoisotopic (exact) mass is 928 g/mol. The SMILES string of the molecule is [2H]C([2H])([2H])c1c[c-]c(-c2cc(CC(C)C)c([Si](C)(C)C)cn2)c(F)c1.[2H]C([2H])([2H])c1ccc(-c2ccc3oc4c(-c5nc6ccccc6n5C(C)C)[c-]ccc4c3c2)cc1.[Ir]. The number of fused-ring (bicyclic) bond motifs is 4. The van der Waals surface area contributed by atoms with Crippen LogP contribution in [-0.4, -0.2) is 22.6 Å². The van der Waals surface area contributed by atoms with Gasteiger partial charge in [0.15, 0.2) is 0 Å². The molecular formula is C48H48FIrN3OSi-2. The van der Waals surface area contributed by atoms with Gasteiger partial charge in [0.1, 0.15) is 5.58 Å². The van der Waals surface area contributed by atoms with Crippen molar-refractivity contribution in [3.05, 3.63) is 138 Å². The Morgan fingerprint density at radius 2 is 1.58 bits per heavy atom. The van der Waals surface area contributed by atoms with E-state index in [0.29, 0.717) is 17.2 Å². The second-order valence-electron chi connectivity index (χ2n) is 15.6.